The summed E-state index contributed by atoms with van der Waals surface area (Å²) in [5.74, 6) is 2.70. The number of ether oxygens (including phenoxy) is 5. The number of carboxylic acids is 1. The number of carboxylic acid groups (broad SMARTS) is 1. The molecule has 0 amide bonds. The minimum absolute atomic E-state index is 0.0398. The number of nitrogens with one attached hydrogen (secondary N) is 1. The number of rotatable bonds is 21. The average molecular weight is 923 g/mol. The first-order chi connectivity index (χ1) is 30.0. The van der Waals surface area contributed by atoms with Gasteiger partial charge < -0.3 is 34.1 Å². The van der Waals surface area contributed by atoms with Crippen LogP contribution >= 0.6 is 0 Å². The predicted molar refractivity (Wildman–Crippen MR) is 251 cm³/mol. The van der Waals surface area contributed by atoms with Gasteiger partial charge in [0.25, 0.3) is 0 Å². The van der Waals surface area contributed by atoms with Crippen molar-refractivity contribution >= 4 is 21.8 Å². The second-order valence-electron chi connectivity index (χ2n) is 24.0. The lowest BCUT2D eigenvalue weighted by Gasteiger charge is -2.73. The Morgan fingerprint density at radius 3 is 2.08 bits per heavy atom. The summed E-state index contributed by atoms with van der Waals surface area (Å²) < 4.78 is 54.4. The number of carbonyl (C=O) groups is 2. The molecule has 6 aliphatic rings. The number of sulfone groups is 1. The molecular weight excluding hydrogens is 833 g/mol. The van der Waals surface area contributed by atoms with E-state index in [2.05, 4.69) is 65.6 Å². The lowest BCUT2D eigenvalue weighted by Crippen LogP contribution is -2.69. The Morgan fingerprint density at radius 1 is 0.781 bits per heavy atom. The molecule has 13 heteroatoms. The minimum atomic E-state index is -3.03. The maximum absolute atomic E-state index is 13.4. The number of carbonyl (C=O) groups excluding carboxylic acids is 1. The maximum atomic E-state index is 13.4. The summed E-state index contributed by atoms with van der Waals surface area (Å²) in [4.78, 5) is 27.2. The number of hydrogen-bond donors (Lipinski definition) is 2. The van der Waals surface area contributed by atoms with Crippen LogP contribution in [-0.4, -0.2) is 132 Å². The third-order valence-electron chi connectivity index (χ3n) is 19.3. The Balaban J connectivity index is 1.17. The largest absolute Gasteiger partial charge is 0.481 e. The van der Waals surface area contributed by atoms with E-state index in [1.165, 1.54) is 38.5 Å². The summed E-state index contributed by atoms with van der Waals surface area (Å²) in [5, 5.41) is 13.8. The van der Waals surface area contributed by atoms with Crippen LogP contribution in [0.15, 0.2) is 0 Å². The standard InChI is InChI=1S/C51H90N2O10S/c1-35(2)37-14-19-51(52-34-39(53-22-30-64(57,58)31-23-53)36(3)62-29-28-61-27-26-60-25-24-59-11)21-20-49(9)38(45(37)51)12-13-41-48(8)17-16-42(47(6,7)40(48)15-18-50(41,49)10)63-44(56)33-46(4,5)32-43(54)55/h35-42,45,52H,12-34H2,1-11H3,(H,54,55)/t36?,37-,38+,39?,40-,41+,42-,45+,48-,49+,50+,51-/m0/s1. The van der Waals surface area contributed by atoms with Crippen LogP contribution in [0.2, 0.25) is 0 Å². The summed E-state index contributed by atoms with van der Waals surface area (Å²) in [6.45, 7) is 28.3. The number of methoxy groups -OCH3 is 1. The fourth-order valence-electron chi connectivity index (χ4n) is 15.8. The van der Waals surface area contributed by atoms with Gasteiger partial charge in [-0.2, -0.15) is 0 Å². The van der Waals surface area contributed by atoms with Crippen LogP contribution in [-0.2, 0) is 43.1 Å². The van der Waals surface area contributed by atoms with Crippen LogP contribution in [0.25, 0.3) is 0 Å². The highest BCUT2D eigenvalue weighted by Gasteiger charge is 2.71. The van der Waals surface area contributed by atoms with Crippen LogP contribution in [0.5, 0.6) is 0 Å². The van der Waals surface area contributed by atoms with Crippen molar-refractivity contribution in [3.63, 3.8) is 0 Å². The van der Waals surface area contributed by atoms with Crippen molar-refractivity contribution in [2.75, 3.05) is 77.9 Å². The molecule has 5 aliphatic carbocycles. The minimum Gasteiger partial charge on any atom is -0.481 e. The van der Waals surface area contributed by atoms with E-state index in [1.54, 1.807) is 7.11 Å². The quantitative estimate of drug-likeness (QED) is 0.0848. The van der Waals surface area contributed by atoms with Crippen molar-refractivity contribution in [1.29, 1.82) is 0 Å². The molecule has 2 unspecified atom stereocenters. The normalized spacial score (nSPS) is 38.1. The van der Waals surface area contributed by atoms with E-state index >= 15 is 0 Å². The molecule has 0 radical (unpaired) electrons. The van der Waals surface area contributed by atoms with Gasteiger partial charge in [-0.05, 0) is 128 Å². The first kappa shape index (κ1) is 52.0. The van der Waals surface area contributed by atoms with Crippen molar-refractivity contribution in [2.45, 2.75) is 170 Å². The van der Waals surface area contributed by atoms with E-state index in [0.717, 1.165) is 32.2 Å². The predicted octanol–water partition coefficient (Wildman–Crippen LogP) is 8.05. The molecule has 1 aliphatic heterocycles. The Bertz CT molecular complexity index is 1690. The van der Waals surface area contributed by atoms with Gasteiger partial charge in [-0.15, -0.1) is 0 Å². The zero-order chi connectivity index (χ0) is 46.9. The Hall–Kier alpha value is -1.35. The molecule has 12 nitrogen and oxygen atoms in total. The van der Waals surface area contributed by atoms with Gasteiger partial charge in [0.1, 0.15) is 6.10 Å². The Labute approximate surface area is 388 Å². The molecule has 2 N–H and O–H groups in total. The Kier molecular flexibility index (Phi) is 16.5. The molecule has 5 saturated carbocycles. The molecular formula is C51H90N2O10S. The zero-order valence-corrected chi connectivity index (χ0v) is 42.8. The van der Waals surface area contributed by atoms with E-state index < -0.39 is 21.2 Å². The van der Waals surface area contributed by atoms with E-state index in [-0.39, 0.29) is 75.8 Å². The van der Waals surface area contributed by atoms with E-state index in [9.17, 15) is 23.1 Å². The fourth-order valence-corrected chi connectivity index (χ4v) is 17.0. The van der Waals surface area contributed by atoms with Crippen LogP contribution in [0, 0.1) is 62.6 Å². The van der Waals surface area contributed by atoms with Crippen molar-refractivity contribution in [3.05, 3.63) is 0 Å². The highest BCUT2D eigenvalue weighted by Crippen LogP contribution is 2.76. The van der Waals surface area contributed by atoms with Gasteiger partial charge in [0.15, 0.2) is 9.84 Å². The molecule has 0 spiro atoms. The van der Waals surface area contributed by atoms with Crippen molar-refractivity contribution in [3.8, 4) is 0 Å². The first-order valence-electron chi connectivity index (χ1n) is 25.3. The highest BCUT2D eigenvalue weighted by molar-refractivity contribution is 7.91. The van der Waals surface area contributed by atoms with E-state index in [0.29, 0.717) is 88.2 Å². The lowest BCUT2D eigenvalue weighted by molar-refractivity contribution is -0.247. The van der Waals surface area contributed by atoms with Crippen LogP contribution in [0.4, 0.5) is 0 Å². The van der Waals surface area contributed by atoms with Crippen molar-refractivity contribution in [1.82, 2.24) is 10.2 Å². The van der Waals surface area contributed by atoms with Crippen LogP contribution in [0.3, 0.4) is 0 Å². The number of esters is 1. The number of aliphatic carboxylic acids is 1. The van der Waals surface area contributed by atoms with Crippen LogP contribution in [0.1, 0.15) is 146 Å². The summed E-state index contributed by atoms with van der Waals surface area (Å²) in [5.41, 5.74) is -0.253. The average Bonchev–Trinajstić information content (AvgIpc) is 3.58. The van der Waals surface area contributed by atoms with Gasteiger partial charge in [-0.1, -0.05) is 62.3 Å². The topological polar surface area (TPSA) is 150 Å². The summed E-state index contributed by atoms with van der Waals surface area (Å²) >= 11 is 0. The molecule has 6 rings (SSSR count). The van der Waals surface area contributed by atoms with Crippen LogP contribution < -0.4 is 5.32 Å². The highest BCUT2D eigenvalue weighted by atomic mass is 32.2. The molecule has 6 fully saturated rings. The van der Waals surface area contributed by atoms with Gasteiger partial charge >= 0.3 is 11.9 Å². The maximum Gasteiger partial charge on any atom is 0.306 e. The summed E-state index contributed by atoms with van der Waals surface area (Å²) in [6, 6.07) is 0.0479. The van der Waals surface area contributed by atoms with Gasteiger partial charge in [-0.25, -0.2) is 8.42 Å². The molecule has 64 heavy (non-hydrogen) atoms. The lowest BCUT2D eigenvalue weighted by atomic mass is 9.32. The second kappa shape index (κ2) is 20.3. The number of hydrogen-bond acceptors (Lipinski definition) is 11. The fraction of sp³-hybridized carbons (Fsp3) is 0.961. The molecule has 0 aromatic carbocycles. The second-order valence-corrected chi connectivity index (χ2v) is 26.3. The first-order valence-corrected chi connectivity index (χ1v) is 27.1. The smallest absolute Gasteiger partial charge is 0.306 e. The number of nitrogens with zero attached hydrogens (tertiary/aromatic N) is 1. The van der Waals surface area contributed by atoms with Crippen molar-refractivity contribution in [2.24, 2.45) is 62.6 Å². The number of fused-ring (bicyclic) bond motifs is 7. The van der Waals surface area contributed by atoms with Gasteiger partial charge in [0.05, 0.1) is 70.1 Å². The molecule has 0 bridgehead atoms. The third kappa shape index (κ3) is 10.6. The molecule has 1 heterocycles. The zero-order valence-electron chi connectivity index (χ0n) is 41.9. The third-order valence-corrected chi connectivity index (χ3v) is 20.9. The molecule has 370 valence electrons. The van der Waals surface area contributed by atoms with Gasteiger partial charge in [0.2, 0.25) is 0 Å². The van der Waals surface area contributed by atoms with E-state index in [1.807, 2.05) is 13.8 Å². The van der Waals surface area contributed by atoms with Gasteiger partial charge in [-0.3, -0.25) is 14.5 Å². The van der Waals surface area contributed by atoms with Gasteiger partial charge in [0, 0.05) is 43.7 Å². The molecule has 12 atom stereocenters. The Morgan fingerprint density at radius 2 is 1.44 bits per heavy atom. The molecule has 1 saturated heterocycles. The van der Waals surface area contributed by atoms with E-state index in [4.69, 9.17) is 23.7 Å². The van der Waals surface area contributed by atoms with Crippen molar-refractivity contribution < 1.29 is 46.8 Å². The summed E-state index contributed by atoms with van der Waals surface area (Å²) in [6.07, 6.45) is 11.3. The SMILES string of the molecule is COCCOCCOCCOC(C)C(CN[C@]12CC[C@@H](C(C)C)[C@@H]1[C@H]1CC[C@@H]3[C@@]4(C)CC[C@H](OC(=O)CC(C)(C)CC(=O)O)C(C)(C)[C@@H]4CC[C@@]3(C)[C@]1(C)CC2)N1CCS(=O)(=O)CC1. The summed E-state index contributed by atoms with van der Waals surface area (Å²) in [7, 11) is -1.37. The monoisotopic (exact) mass is 923 g/mol. The molecule has 0 aromatic rings. The molecule has 0 aromatic heterocycles.